The van der Waals surface area contributed by atoms with E-state index < -0.39 is 0 Å². The molecule has 1 heterocycles. The molecule has 1 atom stereocenters. The second-order valence-electron chi connectivity index (χ2n) is 4.49. The Bertz CT molecular complexity index is 478. The third kappa shape index (κ3) is 3.46. The van der Waals surface area contributed by atoms with E-state index in [1.807, 2.05) is 6.92 Å². The Morgan fingerprint density at radius 2 is 2.21 bits per heavy atom. The van der Waals surface area contributed by atoms with Crippen molar-refractivity contribution in [2.45, 2.75) is 13.0 Å². The number of hydrogen-bond donors (Lipinski definition) is 1. The monoisotopic (exact) mass is 259 g/mol. The van der Waals surface area contributed by atoms with Crippen molar-refractivity contribution < 1.29 is 9.53 Å². The molecule has 0 spiro atoms. The van der Waals surface area contributed by atoms with E-state index >= 15 is 0 Å². The molecule has 5 nitrogen and oxygen atoms in total. The Labute approximate surface area is 112 Å². The van der Waals surface area contributed by atoms with Crippen molar-refractivity contribution in [2.75, 3.05) is 26.2 Å². The van der Waals surface area contributed by atoms with Crippen molar-refractivity contribution in [3.05, 3.63) is 29.8 Å². The number of hydrogen-bond acceptors (Lipinski definition) is 4. The molecule has 0 saturated carbocycles. The molecule has 2 rings (SSSR count). The summed E-state index contributed by atoms with van der Waals surface area (Å²) in [6, 6.07) is 8.99. The Morgan fingerprint density at radius 1 is 1.47 bits per heavy atom. The van der Waals surface area contributed by atoms with E-state index in [4.69, 9.17) is 10.00 Å². The molecule has 1 N–H and O–H groups in total. The van der Waals surface area contributed by atoms with Crippen LogP contribution in [0, 0.1) is 11.3 Å². The molecular formula is C14H17N3O2. The van der Waals surface area contributed by atoms with Gasteiger partial charge >= 0.3 is 0 Å². The Morgan fingerprint density at radius 3 is 2.89 bits per heavy atom. The minimum absolute atomic E-state index is 0.0737. The molecule has 5 heteroatoms. The SMILES string of the molecule is C[C@@H]1C(=O)NCCN1CCOc1ccc(C#N)cc1. The van der Waals surface area contributed by atoms with Crippen LogP contribution in [0.3, 0.4) is 0 Å². The highest BCUT2D eigenvalue weighted by atomic mass is 16.5. The van der Waals surface area contributed by atoms with E-state index in [0.717, 1.165) is 12.3 Å². The van der Waals surface area contributed by atoms with Gasteiger partial charge < -0.3 is 10.1 Å². The van der Waals surface area contributed by atoms with E-state index in [2.05, 4.69) is 16.3 Å². The minimum atomic E-state index is -0.0988. The van der Waals surface area contributed by atoms with Crippen molar-refractivity contribution in [3.63, 3.8) is 0 Å². The van der Waals surface area contributed by atoms with Crippen molar-refractivity contribution in [1.82, 2.24) is 10.2 Å². The largest absolute Gasteiger partial charge is 0.492 e. The number of nitrogens with zero attached hydrogens (tertiary/aromatic N) is 2. The maximum Gasteiger partial charge on any atom is 0.237 e. The molecule has 1 amide bonds. The average Bonchev–Trinajstić information content (AvgIpc) is 2.44. The van der Waals surface area contributed by atoms with Crippen LogP contribution in [0.25, 0.3) is 0 Å². The summed E-state index contributed by atoms with van der Waals surface area (Å²) in [6.07, 6.45) is 0. The molecule has 1 aromatic carbocycles. The molecule has 100 valence electrons. The molecule has 0 bridgehead atoms. The summed E-state index contributed by atoms with van der Waals surface area (Å²) in [7, 11) is 0. The summed E-state index contributed by atoms with van der Waals surface area (Å²) in [5, 5.41) is 11.5. The number of nitrogens with one attached hydrogen (secondary N) is 1. The molecule has 1 aromatic rings. The molecule has 1 aliphatic rings. The second-order valence-corrected chi connectivity index (χ2v) is 4.49. The van der Waals surface area contributed by atoms with Crippen LogP contribution in [-0.2, 0) is 4.79 Å². The van der Waals surface area contributed by atoms with Crippen molar-refractivity contribution in [1.29, 1.82) is 5.26 Å². The summed E-state index contributed by atoms with van der Waals surface area (Å²) >= 11 is 0. The summed E-state index contributed by atoms with van der Waals surface area (Å²) in [5.41, 5.74) is 0.619. The van der Waals surface area contributed by atoms with Gasteiger partial charge in [0.05, 0.1) is 17.7 Å². The Kier molecular flexibility index (Phi) is 4.37. The van der Waals surface area contributed by atoms with Gasteiger partial charge in [0.15, 0.2) is 0 Å². The molecule has 1 fully saturated rings. The summed E-state index contributed by atoms with van der Waals surface area (Å²) in [5.74, 6) is 0.817. The fourth-order valence-corrected chi connectivity index (χ4v) is 2.04. The quantitative estimate of drug-likeness (QED) is 0.867. The molecule has 19 heavy (non-hydrogen) atoms. The fraction of sp³-hybridized carbons (Fsp3) is 0.429. The van der Waals surface area contributed by atoms with Gasteiger partial charge in [-0.1, -0.05) is 0 Å². The number of amides is 1. The normalized spacial score (nSPS) is 19.6. The number of rotatable bonds is 4. The third-order valence-corrected chi connectivity index (χ3v) is 3.26. The molecule has 0 unspecified atom stereocenters. The highest BCUT2D eigenvalue weighted by Gasteiger charge is 2.24. The van der Waals surface area contributed by atoms with E-state index in [-0.39, 0.29) is 11.9 Å². The number of nitriles is 1. The smallest absolute Gasteiger partial charge is 0.237 e. The zero-order valence-corrected chi connectivity index (χ0v) is 10.9. The number of carbonyl (C=O) groups excluding carboxylic acids is 1. The zero-order valence-electron chi connectivity index (χ0n) is 10.9. The van der Waals surface area contributed by atoms with Crippen LogP contribution >= 0.6 is 0 Å². The van der Waals surface area contributed by atoms with Gasteiger partial charge in [0, 0.05) is 19.6 Å². The first-order valence-corrected chi connectivity index (χ1v) is 6.35. The van der Waals surface area contributed by atoms with Gasteiger partial charge in [0.1, 0.15) is 12.4 Å². The lowest BCUT2D eigenvalue weighted by atomic mass is 10.2. The second kappa shape index (κ2) is 6.21. The molecular weight excluding hydrogens is 242 g/mol. The lowest BCUT2D eigenvalue weighted by Gasteiger charge is -2.32. The predicted molar refractivity (Wildman–Crippen MR) is 70.7 cm³/mol. The summed E-state index contributed by atoms with van der Waals surface area (Å²) in [4.78, 5) is 13.6. The number of carbonyl (C=O) groups is 1. The Hall–Kier alpha value is -2.06. The first-order chi connectivity index (χ1) is 9.20. The van der Waals surface area contributed by atoms with Gasteiger partial charge in [-0.25, -0.2) is 0 Å². The van der Waals surface area contributed by atoms with Crippen LogP contribution in [0.1, 0.15) is 12.5 Å². The minimum Gasteiger partial charge on any atom is -0.492 e. The van der Waals surface area contributed by atoms with Crippen LogP contribution in [-0.4, -0.2) is 43.1 Å². The molecule has 0 radical (unpaired) electrons. The van der Waals surface area contributed by atoms with Crippen LogP contribution < -0.4 is 10.1 Å². The van der Waals surface area contributed by atoms with E-state index in [1.54, 1.807) is 24.3 Å². The maximum atomic E-state index is 11.5. The van der Waals surface area contributed by atoms with E-state index in [9.17, 15) is 4.79 Å². The van der Waals surface area contributed by atoms with Crippen LogP contribution in [0.4, 0.5) is 0 Å². The first-order valence-electron chi connectivity index (χ1n) is 6.35. The highest BCUT2D eigenvalue weighted by molar-refractivity contribution is 5.81. The van der Waals surface area contributed by atoms with Crippen molar-refractivity contribution in [3.8, 4) is 11.8 Å². The van der Waals surface area contributed by atoms with Gasteiger partial charge in [-0.05, 0) is 31.2 Å². The fourth-order valence-electron chi connectivity index (χ4n) is 2.04. The number of ether oxygens (including phenoxy) is 1. The van der Waals surface area contributed by atoms with Crippen LogP contribution in [0.15, 0.2) is 24.3 Å². The molecule has 1 saturated heterocycles. The van der Waals surface area contributed by atoms with Crippen LogP contribution in [0.5, 0.6) is 5.75 Å². The van der Waals surface area contributed by atoms with Gasteiger partial charge in [-0.15, -0.1) is 0 Å². The topological polar surface area (TPSA) is 65.4 Å². The first kappa shape index (κ1) is 13.4. The molecule has 0 aliphatic carbocycles. The number of piperazine rings is 1. The Balaban J connectivity index is 1.79. The maximum absolute atomic E-state index is 11.5. The third-order valence-electron chi connectivity index (χ3n) is 3.26. The van der Waals surface area contributed by atoms with Gasteiger partial charge in [-0.3, -0.25) is 9.69 Å². The van der Waals surface area contributed by atoms with Gasteiger partial charge in [0.25, 0.3) is 0 Å². The van der Waals surface area contributed by atoms with Crippen molar-refractivity contribution >= 4 is 5.91 Å². The number of benzene rings is 1. The molecule has 1 aliphatic heterocycles. The summed E-state index contributed by atoms with van der Waals surface area (Å²) in [6.45, 7) is 4.69. The standard InChI is InChI=1S/C14H17N3O2/c1-11-14(18)16-6-7-17(11)8-9-19-13-4-2-12(10-15)3-5-13/h2-5,11H,6-9H2,1H3,(H,16,18)/t11-/m1/s1. The van der Waals surface area contributed by atoms with Gasteiger partial charge in [0.2, 0.25) is 5.91 Å². The van der Waals surface area contributed by atoms with Crippen molar-refractivity contribution in [2.24, 2.45) is 0 Å². The lowest BCUT2D eigenvalue weighted by molar-refractivity contribution is -0.128. The highest BCUT2D eigenvalue weighted by Crippen LogP contribution is 2.12. The lowest BCUT2D eigenvalue weighted by Crippen LogP contribution is -2.54. The average molecular weight is 259 g/mol. The predicted octanol–water partition coefficient (Wildman–Crippen LogP) is 0.757. The van der Waals surface area contributed by atoms with E-state index in [1.165, 1.54) is 0 Å². The van der Waals surface area contributed by atoms with Crippen LogP contribution in [0.2, 0.25) is 0 Å². The van der Waals surface area contributed by atoms with Gasteiger partial charge in [-0.2, -0.15) is 5.26 Å². The van der Waals surface area contributed by atoms with E-state index in [0.29, 0.717) is 25.3 Å². The molecule has 0 aromatic heterocycles. The summed E-state index contributed by atoms with van der Waals surface area (Å²) < 4.78 is 5.61. The zero-order chi connectivity index (χ0) is 13.7.